The predicted octanol–water partition coefficient (Wildman–Crippen LogP) is 3.00. The van der Waals surface area contributed by atoms with Gasteiger partial charge in [0.1, 0.15) is 11.6 Å². The molecule has 8 nitrogen and oxygen atoms in total. The Morgan fingerprint density at radius 3 is 2.58 bits per heavy atom. The molecule has 1 aromatic carbocycles. The summed E-state index contributed by atoms with van der Waals surface area (Å²) in [6.45, 7) is 12.7. The second-order valence-corrected chi connectivity index (χ2v) is 10.9. The lowest BCUT2D eigenvalue weighted by Gasteiger charge is -2.37. The van der Waals surface area contributed by atoms with Gasteiger partial charge in [-0.3, -0.25) is 14.4 Å². The third kappa shape index (κ3) is 4.69. The zero-order chi connectivity index (χ0) is 27.6. The number of hydrogen-bond donors (Lipinski definition) is 1. The Labute approximate surface area is 225 Å². The van der Waals surface area contributed by atoms with Crippen LogP contribution in [-0.2, 0) is 19.1 Å². The number of nitrogens with zero attached hydrogens (tertiary/aromatic N) is 3. The molecule has 3 fully saturated rings. The maximum Gasteiger partial charge on any atom is 0.253 e. The highest BCUT2D eigenvalue weighted by Gasteiger charge is 2.74. The van der Waals surface area contributed by atoms with Gasteiger partial charge in [-0.1, -0.05) is 24.3 Å². The first kappa shape index (κ1) is 28.0. The van der Waals surface area contributed by atoms with Gasteiger partial charge in [-0.15, -0.1) is 13.2 Å². The molecule has 1 aromatic rings. The molecule has 1 N–H and O–H groups in total. The third-order valence-electron chi connectivity index (χ3n) is 8.39. The molecule has 1 spiro atoms. The van der Waals surface area contributed by atoms with Crippen LogP contribution in [0.15, 0.2) is 43.5 Å². The average Bonchev–Trinajstić information content (AvgIpc) is 3.53. The molecule has 3 heterocycles. The number of likely N-dealkylation sites (tertiary alicyclic amines) is 1. The number of hydrogen-bond acceptors (Lipinski definition) is 5. The van der Waals surface area contributed by atoms with E-state index in [4.69, 9.17) is 4.74 Å². The smallest absolute Gasteiger partial charge is 0.253 e. The van der Waals surface area contributed by atoms with Gasteiger partial charge in [0.15, 0.2) is 0 Å². The van der Waals surface area contributed by atoms with Crippen LogP contribution in [0.25, 0.3) is 0 Å². The minimum absolute atomic E-state index is 0.0830. The molecule has 206 valence electrons. The molecular weight excluding hydrogens is 482 g/mol. The van der Waals surface area contributed by atoms with E-state index in [0.717, 1.165) is 23.2 Å². The highest BCUT2D eigenvalue weighted by Crippen LogP contribution is 2.59. The minimum atomic E-state index is -1.04. The molecule has 0 radical (unpaired) electrons. The number of benzene rings is 1. The van der Waals surface area contributed by atoms with Crippen LogP contribution in [0.4, 0.5) is 5.69 Å². The Hall–Kier alpha value is -2.97. The van der Waals surface area contributed by atoms with Crippen molar-refractivity contribution in [1.29, 1.82) is 0 Å². The number of aliphatic hydroxyl groups is 1. The summed E-state index contributed by atoms with van der Waals surface area (Å²) >= 11 is 0. The van der Waals surface area contributed by atoms with E-state index in [1.807, 2.05) is 32.0 Å². The number of aliphatic hydroxyl groups excluding tert-OH is 1. The first-order valence-corrected chi connectivity index (χ1v) is 13.7. The van der Waals surface area contributed by atoms with Crippen molar-refractivity contribution in [3.63, 3.8) is 0 Å². The molecule has 5 atom stereocenters. The number of amides is 3. The van der Waals surface area contributed by atoms with E-state index in [1.54, 1.807) is 33.9 Å². The van der Waals surface area contributed by atoms with E-state index in [-0.39, 0.29) is 30.4 Å². The molecule has 4 rings (SSSR count). The molecule has 0 saturated carbocycles. The van der Waals surface area contributed by atoms with Crippen LogP contribution in [0.2, 0.25) is 0 Å². The molecule has 3 saturated heterocycles. The molecule has 3 aliphatic heterocycles. The number of aryl methyl sites for hydroxylation is 2. The quantitative estimate of drug-likeness (QED) is 0.336. The highest BCUT2D eigenvalue weighted by molar-refractivity contribution is 6.05. The lowest BCUT2D eigenvalue weighted by atomic mass is 9.70. The summed E-state index contributed by atoms with van der Waals surface area (Å²) in [7, 11) is 1.71. The number of anilines is 1. The Morgan fingerprint density at radius 1 is 1.16 bits per heavy atom. The van der Waals surface area contributed by atoms with Crippen molar-refractivity contribution in [2.45, 2.75) is 63.7 Å². The van der Waals surface area contributed by atoms with E-state index in [2.05, 4.69) is 13.2 Å². The Balaban J connectivity index is 1.75. The Bertz CT molecular complexity index is 1100. The largest absolute Gasteiger partial charge is 0.396 e. The summed E-state index contributed by atoms with van der Waals surface area (Å²) in [6, 6.07) is 5.15. The SMILES string of the molecule is C=CCN(C)C(=O)[C@@H]1[C@H]2C(=O)N(CCCCCO)C(C(=O)N(CC=C)c3cc(C)ccc3C)C23CC[C@H]1O3. The maximum absolute atomic E-state index is 14.5. The molecular formula is C30H41N3O5. The van der Waals surface area contributed by atoms with Crippen LogP contribution in [0.5, 0.6) is 0 Å². The van der Waals surface area contributed by atoms with Crippen LogP contribution < -0.4 is 4.90 Å². The molecule has 2 bridgehead atoms. The minimum Gasteiger partial charge on any atom is -0.396 e. The Morgan fingerprint density at radius 2 is 1.89 bits per heavy atom. The maximum atomic E-state index is 14.5. The van der Waals surface area contributed by atoms with Gasteiger partial charge in [0.05, 0.1) is 17.9 Å². The van der Waals surface area contributed by atoms with E-state index >= 15 is 0 Å². The zero-order valence-corrected chi connectivity index (χ0v) is 22.9. The van der Waals surface area contributed by atoms with E-state index < -0.39 is 23.5 Å². The van der Waals surface area contributed by atoms with Crippen molar-refractivity contribution in [3.05, 3.63) is 54.6 Å². The summed E-state index contributed by atoms with van der Waals surface area (Å²) in [4.78, 5) is 47.1. The first-order chi connectivity index (χ1) is 18.2. The monoisotopic (exact) mass is 523 g/mol. The summed E-state index contributed by atoms with van der Waals surface area (Å²) in [5, 5.41) is 9.24. The molecule has 3 amide bonds. The molecule has 38 heavy (non-hydrogen) atoms. The van der Waals surface area contributed by atoms with Gasteiger partial charge in [-0.25, -0.2) is 0 Å². The topological polar surface area (TPSA) is 90.4 Å². The van der Waals surface area contributed by atoms with Gasteiger partial charge in [0.25, 0.3) is 5.91 Å². The van der Waals surface area contributed by atoms with Crippen molar-refractivity contribution in [3.8, 4) is 0 Å². The van der Waals surface area contributed by atoms with Gasteiger partial charge in [0.2, 0.25) is 11.8 Å². The number of ether oxygens (including phenoxy) is 1. The number of likely N-dealkylation sites (N-methyl/N-ethyl adjacent to an activating group) is 1. The van der Waals surface area contributed by atoms with E-state index in [0.29, 0.717) is 45.3 Å². The van der Waals surface area contributed by atoms with Crippen LogP contribution in [0.3, 0.4) is 0 Å². The molecule has 8 heteroatoms. The normalized spacial score (nSPS) is 27.4. The van der Waals surface area contributed by atoms with E-state index in [9.17, 15) is 19.5 Å². The zero-order valence-electron chi connectivity index (χ0n) is 22.9. The third-order valence-corrected chi connectivity index (χ3v) is 8.39. The van der Waals surface area contributed by atoms with Crippen molar-refractivity contribution >= 4 is 23.4 Å². The fourth-order valence-electron chi connectivity index (χ4n) is 6.66. The van der Waals surface area contributed by atoms with E-state index in [1.165, 1.54) is 0 Å². The Kier molecular flexibility index (Phi) is 8.43. The summed E-state index contributed by atoms with van der Waals surface area (Å²) < 4.78 is 6.58. The fourth-order valence-corrected chi connectivity index (χ4v) is 6.66. The standard InChI is InChI=1S/C30H41N3O5/c1-6-15-31(5)27(35)24-23-13-14-30(38-23)25(24)28(36)33(17-9-8-10-18-34)26(30)29(37)32(16-7-2)22-19-20(3)11-12-21(22)4/h6-7,11-12,19,23-26,34H,1-2,8-10,13-18H2,3-5H3/t23-,24+,25+,26?,30?/m1/s1. The number of unbranched alkanes of at least 4 members (excludes halogenated alkanes) is 2. The number of carbonyl (C=O) groups is 3. The highest BCUT2D eigenvalue weighted by atomic mass is 16.5. The van der Waals surface area contributed by atoms with Crippen molar-refractivity contribution < 1.29 is 24.2 Å². The van der Waals surface area contributed by atoms with Gasteiger partial charge in [0, 0.05) is 39.0 Å². The summed E-state index contributed by atoms with van der Waals surface area (Å²) in [5.41, 5.74) is 1.73. The molecule has 0 aromatic heterocycles. The summed E-state index contributed by atoms with van der Waals surface area (Å²) in [5.74, 6) is -1.84. The summed E-state index contributed by atoms with van der Waals surface area (Å²) in [6.07, 6.45) is 6.19. The lowest BCUT2D eigenvalue weighted by molar-refractivity contribution is -0.144. The molecule has 0 aliphatic carbocycles. The predicted molar refractivity (Wildman–Crippen MR) is 147 cm³/mol. The molecule has 3 aliphatic rings. The number of carbonyl (C=O) groups excluding carboxylic acids is 3. The van der Waals surface area contributed by atoms with Gasteiger partial charge in [-0.05, 0) is 63.1 Å². The van der Waals surface area contributed by atoms with Crippen molar-refractivity contribution in [1.82, 2.24) is 9.80 Å². The second kappa shape index (κ2) is 11.4. The van der Waals surface area contributed by atoms with Crippen LogP contribution in [0, 0.1) is 25.7 Å². The van der Waals surface area contributed by atoms with Crippen LogP contribution in [-0.4, -0.2) is 83.7 Å². The average molecular weight is 524 g/mol. The van der Waals surface area contributed by atoms with Gasteiger partial charge < -0.3 is 24.5 Å². The van der Waals surface area contributed by atoms with Gasteiger partial charge in [-0.2, -0.15) is 0 Å². The van der Waals surface area contributed by atoms with Gasteiger partial charge >= 0.3 is 0 Å². The van der Waals surface area contributed by atoms with Crippen molar-refractivity contribution in [2.75, 3.05) is 38.2 Å². The fraction of sp³-hybridized carbons (Fsp3) is 0.567. The first-order valence-electron chi connectivity index (χ1n) is 13.7. The second-order valence-electron chi connectivity index (χ2n) is 10.9. The molecule has 2 unspecified atom stereocenters. The number of fused-ring (bicyclic) bond motifs is 1. The van der Waals surface area contributed by atoms with Crippen LogP contribution in [0.1, 0.15) is 43.2 Å². The number of rotatable bonds is 12. The van der Waals surface area contributed by atoms with Crippen LogP contribution >= 0.6 is 0 Å². The van der Waals surface area contributed by atoms with Crippen molar-refractivity contribution in [2.24, 2.45) is 11.8 Å². The lowest BCUT2D eigenvalue weighted by Crippen LogP contribution is -2.56.